The molecule has 0 unspecified atom stereocenters. The highest BCUT2D eigenvalue weighted by Gasteiger charge is 2.68. The summed E-state index contributed by atoms with van der Waals surface area (Å²) >= 11 is 0. The average molecular weight is 418 g/mol. The number of hydrogen-bond acceptors (Lipinski definition) is 3. The lowest BCUT2D eigenvalue weighted by Gasteiger charge is -2.64. The fraction of sp³-hybridized carbons (Fsp3) is 0.700. The molecule has 1 heterocycles. The lowest BCUT2D eigenvalue weighted by Crippen LogP contribution is -2.65. The van der Waals surface area contributed by atoms with Crippen LogP contribution in [0.4, 0.5) is 13.2 Å². The van der Waals surface area contributed by atoms with Crippen molar-refractivity contribution in [3.8, 4) is 0 Å². The van der Waals surface area contributed by atoms with Crippen LogP contribution < -0.4 is 5.73 Å². The smallest absolute Gasteiger partial charge is 0.404 e. The van der Waals surface area contributed by atoms with Gasteiger partial charge in [-0.1, -0.05) is 26.0 Å². The standard InChI is InChI=1S/C20H27BF3NO2.ClH/c1-18(2)14-10-15(18)19(3)16(11-14)26-21(27-19)17(25)9-6-12-4-7-13(8-5-12)20(22,23)24;/h4-5,7-8,14-17H,6,9-11,25H2,1-3H3;1H/t14-,15-,16+,17-,19-;/m0./s1. The molecule has 1 aromatic rings. The predicted octanol–water partition coefficient (Wildman–Crippen LogP) is 4.65. The maximum atomic E-state index is 12.7. The first-order chi connectivity index (χ1) is 12.5. The summed E-state index contributed by atoms with van der Waals surface area (Å²) in [7, 11) is -0.440. The minimum atomic E-state index is -4.30. The molecule has 8 heteroatoms. The van der Waals surface area contributed by atoms with Gasteiger partial charge in [0.05, 0.1) is 17.3 Å². The quantitative estimate of drug-likeness (QED) is 0.725. The SMILES string of the molecule is CC1(C)[C@@H]2C[C@H]3OB([C@@H](N)CCc4ccc(C(F)(F)F)cc4)O[C@@]3(C)[C@H]1C2.Cl. The molecule has 2 N–H and O–H groups in total. The van der Waals surface area contributed by atoms with Crippen LogP contribution in [0.25, 0.3) is 0 Å². The first-order valence-electron chi connectivity index (χ1n) is 9.77. The predicted molar refractivity (Wildman–Crippen MR) is 105 cm³/mol. The minimum Gasteiger partial charge on any atom is -0.404 e. The Labute approximate surface area is 171 Å². The summed E-state index contributed by atoms with van der Waals surface area (Å²) in [6, 6.07) is 5.28. The van der Waals surface area contributed by atoms with Gasteiger partial charge in [-0.25, -0.2) is 0 Å². The maximum absolute atomic E-state index is 12.7. The average Bonchev–Trinajstić information content (AvgIpc) is 2.96. The van der Waals surface area contributed by atoms with E-state index >= 15 is 0 Å². The Bertz CT molecular complexity index is 714. The zero-order chi connectivity index (χ0) is 19.6. The molecule has 0 spiro atoms. The van der Waals surface area contributed by atoms with E-state index in [0.717, 1.165) is 24.1 Å². The highest BCUT2D eigenvalue weighted by atomic mass is 35.5. The summed E-state index contributed by atoms with van der Waals surface area (Å²) in [6.45, 7) is 6.78. The number of aryl methyl sites for hydroxylation is 1. The van der Waals surface area contributed by atoms with E-state index in [1.54, 1.807) is 0 Å². The van der Waals surface area contributed by atoms with E-state index in [4.69, 9.17) is 15.0 Å². The van der Waals surface area contributed by atoms with Gasteiger partial charge in [0.1, 0.15) is 0 Å². The number of hydrogen-bond donors (Lipinski definition) is 1. The third-order valence-corrected chi connectivity index (χ3v) is 7.37. The molecule has 1 saturated heterocycles. The Hall–Kier alpha value is -0.755. The van der Waals surface area contributed by atoms with E-state index in [0.29, 0.717) is 24.7 Å². The third kappa shape index (κ3) is 3.49. The monoisotopic (exact) mass is 417 g/mol. The molecular weight excluding hydrogens is 389 g/mol. The van der Waals surface area contributed by atoms with Gasteiger partial charge in [0.2, 0.25) is 0 Å². The van der Waals surface area contributed by atoms with E-state index in [2.05, 4.69) is 20.8 Å². The van der Waals surface area contributed by atoms with Crippen molar-refractivity contribution in [2.45, 2.75) is 70.3 Å². The van der Waals surface area contributed by atoms with Crippen molar-refractivity contribution in [1.82, 2.24) is 0 Å². The lowest BCUT2D eigenvalue weighted by molar-refractivity contribution is -0.199. The van der Waals surface area contributed by atoms with E-state index < -0.39 is 18.9 Å². The molecule has 1 aliphatic heterocycles. The second-order valence-electron chi connectivity index (χ2n) is 9.23. The molecule has 0 aromatic heterocycles. The Morgan fingerprint density at radius 1 is 1.18 bits per heavy atom. The van der Waals surface area contributed by atoms with Crippen LogP contribution >= 0.6 is 12.4 Å². The van der Waals surface area contributed by atoms with Gasteiger partial charge in [0.15, 0.2) is 0 Å². The first kappa shape index (κ1) is 21.9. The van der Waals surface area contributed by atoms with Crippen LogP contribution in [-0.2, 0) is 21.9 Å². The van der Waals surface area contributed by atoms with Crippen molar-refractivity contribution in [3.05, 3.63) is 35.4 Å². The Morgan fingerprint density at radius 3 is 2.39 bits per heavy atom. The highest BCUT2D eigenvalue weighted by molar-refractivity contribution is 6.47. The molecular formula is C20H28BClF3NO2. The van der Waals surface area contributed by atoms with Crippen molar-refractivity contribution < 1.29 is 22.5 Å². The van der Waals surface area contributed by atoms with Crippen molar-refractivity contribution in [3.63, 3.8) is 0 Å². The van der Waals surface area contributed by atoms with E-state index in [1.165, 1.54) is 18.6 Å². The zero-order valence-electron chi connectivity index (χ0n) is 16.5. The van der Waals surface area contributed by atoms with Gasteiger partial charge in [0, 0.05) is 5.94 Å². The van der Waals surface area contributed by atoms with Crippen LogP contribution in [0.3, 0.4) is 0 Å². The molecule has 4 fully saturated rings. The maximum Gasteiger partial charge on any atom is 0.475 e. The van der Waals surface area contributed by atoms with Gasteiger partial charge < -0.3 is 15.0 Å². The van der Waals surface area contributed by atoms with Crippen molar-refractivity contribution in [2.24, 2.45) is 23.0 Å². The Balaban J connectivity index is 0.00000225. The first-order valence-corrected chi connectivity index (χ1v) is 9.77. The molecule has 0 radical (unpaired) electrons. The summed E-state index contributed by atoms with van der Waals surface area (Å²) in [4.78, 5) is 0. The summed E-state index contributed by atoms with van der Waals surface area (Å²) in [5, 5.41) is 0. The van der Waals surface area contributed by atoms with Gasteiger partial charge in [-0.2, -0.15) is 13.2 Å². The van der Waals surface area contributed by atoms with Gasteiger partial charge in [-0.15, -0.1) is 12.4 Å². The number of benzene rings is 1. The fourth-order valence-electron chi connectivity index (χ4n) is 5.41. The number of nitrogens with two attached hydrogens (primary N) is 1. The second kappa shape index (κ2) is 7.19. The van der Waals surface area contributed by atoms with E-state index in [9.17, 15) is 13.2 Å². The molecule has 5 rings (SSSR count). The third-order valence-electron chi connectivity index (χ3n) is 7.37. The largest absolute Gasteiger partial charge is 0.475 e. The van der Waals surface area contributed by atoms with Gasteiger partial charge >= 0.3 is 13.3 Å². The van der Waals surface area contributed by atoms with Crippen LogP contribution in [0, 0.1) is 17.3 Å². The van der Waals surface area contributed by atoms with Crippen molar-refractivity contribution >= 4 is 19.5 Å². The summed E-state index contributed by atoms with van der Waals surface area (Å²) in [5.74, 6) is 0.877. The van der Waals surface area contributed by atoms with Crippen LogP contribution in [0.15, 0.2) is 24.3 Å². The van der Waals surface area contributed by atoms with E-state index in [-0.39, 0.29) is 35.5 Å². The normalized spacial score (nSPS) is 34.2. The molecule has 156 valence electrons. The molecule has 0 amide bonds. The van der Waals surface area contributed by atoms with Crippen LogP contribution in [0.5, 0.6) is 0 Å². The summed E-state index contributed by atoms with van der Waals surface area (Å²) in [6.07, 6.45) is -0.798. The molecule has 3 saturated carbocycles. The Kier molecular flexibility index (Phi) is 5.63. The molecule has 5 atom stereocenters. The molecule has 3 aliphatic carbocycles. The molecule has 2 bridgehead atoms. The molecule has 1 aromatic carbocycles. The van der Waals surface area contributed by atoms with Gasteiger partial charge in [-0.3, -0.25) is 0 Å². The molecule has 4 aliphatic rings. The molecule has 28 heavy (non-hydrogen) atoms. The second-order valence-corrected chi connectivity index (χ2v) is 9.23. The van der Waals surface area contributed by atoms with Crippen molar-refractivity contribution in [2.75, 3.05) is 0 Å². The van der Waals surface area contributed by atoms with Crippen LogP contribution in [0.2, 0.25) is 0 Å². The Morgan fingerprint density at radius 2 is 1.82 bits per heavy atom. The highest BCUT2D eigenvalue weighted by Crippen LogP contribution is 2.65. The van der Waals surface area contributed by atoms with E-state index in [1.807, 2.05) is 0 Å². The van der Waals surface area contributed by atoms with Crippen molar-refractivity contribution in [1.29, 1.82) is 0 Å². The van der Waals surface area contributed by atoms with Gasteiger partial charge in [0.25, 0.3) is 0 Å². The van der Waals surface area contributed by atoms with Gasteiger partial charge in [-0.05, 0) is 67.6 Å². The lowest BCUT2D eigenvalue weighted by atomic mass is 9.43. The fourth-order valence-corrected chi connectivity index (χ4v) is 5.41. The van der Waals surface area contributed by atoms with Crippen LogP contribution in [-0.4, -0.2) is 24.8 Å². The number of rotatable bonds is 4. The summed E-state index contributed by atoms with van der Waals surface area (Å²) < 4.78 is 50.5. The number of halogens is 4. The van der Waals surface area contributed by atoms with Crippen LogP contribution in [0.1, 0.15) is 51.2 Å². The minimum absolute atomic E-state index is 0. The summed E-state index contributed by atoms with van der Waals surface area (Å²) in [5.41, 5.74) is 6.55. The zero-order valence-corrected chi connectivity index (χ0v) is 17.3. The topological polar surface area (TPSA) is 44.5 Å². The number of alkyl halides is 3. The molecule has 3 nitrogen and oxygen atoms in total.